The number of fused-ring (bicyclic) bond motifs is 1. The number of aryl methyl sites for hydroxylation is 1. The highest BCUT2D eigenvalue weighted by molar-refractivity contribution is 7.99. The third kappa shape index (κ3) is 3.58. The van der Waals surface area contributed by atoms with Crippen LogP contribution in [0.4, 0.5) is 10.1 Å². The highest BCUT2D eigenvalue weighted by Crippen LogP contribution is 2.32. The molecule has 1 aromatic carbocycles. The zero-order valence-electron chi connectivity index (χ0n) is 15.1. The van der Waals surface area contributed by atoms with Crippen LogP contribution in [-0.2, 0) is 4.79 Å². The fourth-order valence-electron chi connectivity index (χ4n) is 3.57. The Bertz CT molecular complexity index is 907. The van der Waals surface area contributed by atoms with E-state index >= 15 is 0 Å². The number of carbonyl (C=O) groups is 1. The fraction of sp³-hybridized carbons (Fsp3) is 0.421. The number of aromatic nitrogens is 2. The number of carbonyl (C=O) groups excluding carboxylic acids is 1. The Morgan fingerprint density at radius 3 is 2.63 bits per heavy atom. The first-order chi connectivity index (χ1) is 13.0. The number of hydrogen-bond acceptors (Lipinski definition) is 5. The molecule has 1 unspecified atom stereocenters. The molecule has 1 aromatic heterocycles. The lowest BCUT2D eigenvalue weighted by molar-refractivity contribution is -0.132. The Morgan fingerprint density at radius 2 is 1.93 bits per heavy atom. The molecule has 3 heterocycles. The Balaban J connectivity index is 1.38. The topological polar surface area (TPSA) is 58.4 Å². The standard InChI is InChI=1S/C19H21FN4O2S/c1-13-11-21-19-24(18(13)26)16(12-27-19)10-17(25)23-8-6-22(7-9-23)15-4-2-14(20)3-5-15/h2-5,11,16H,6-10,12H2,1H3. The van der Waals surface area contributed by atoms with Crippen molar-refractivity contribution >= 4 is 23.4 Å². The molecule has 0 spiro atoms. The first kappa shape index (κ1) is 18.0. The maximum atomic E-state index is 13.1. The molecule has 0 bridgehead atoms. The van der Waals surface area contributed by atoms with Crippen molar-refractivity contribution in [3.8, 4) is 0 Å². The summed E-state index contributed by atoms with van der Waals surface area (Å²) in [6, 6.07) is 6.31. The van der Waals surface area contributed by atoms with Crippen LogP contribution in [0, 0.1) is 12.7 Å². The van der Waals surface area contributed by atoms with Gasteiger partial charge in [-0.15, -0.1) is 0 Å². The third-order valence-electron chi connectivity index (χ3n) is 5.14. The minimum absolute atomic E-state index is 0.0519. The molecule has 0 aliphatic carbocycles. The van der Waals surface area contributed by atoms with E-state index in [4.69, 9.17) is 0 Å². The lowest BCUT2D eigenvalue weighted by Crippen LogP contribution is -2.49. The molecule has 0 N–H and O–H groups in total. The van der Waals surface area contributed by atoms with Gasteiger partial charge in [-0.3, -0.25) is 14.2 Å². The SMILES string of the molecule is Cc1cnc2n(c1=O)C(CC(=O)N1CCN(c3ccc(F)cc3)CC1)CS2. The summed E-state index contributed by atoms with van der Waals surface area (Å²) >= 11 is 1.53. The van der Waals surface area contributed by atoms with E-state index in [-0.39, 0.29) is 23.3 Å². The molecule has 2 aliphatic rings. The van der Waals surface area contributed by atoms with Crippen molar-refractivity contribution in [2.45, 2.75) is 24.5 Å². The van der Waals surface area contributed by atoms with Crippen LogP contribution in [0.2, 0.25) is 0 Å². The predicted molar refractivity (Wildman–Crippen MR) is 103 cm³/mol. The van der Waals surface area contributed by atoms with Crippen LogP contribution in [0.1, 0.15) is 18.0 Å². The summed E-state index contributed by atoms with van der Waals surface area (Å²) in [5.41, 5.74) is 1.52. The number of anilines is 1. The summed E-state index contributed by atoms with van der Waals surface area (Å²) in [6.45, 7) is 4.44. The average Bonchev–Trinajstić information content (AvgIpc) is 3.09. The van der Waals surface area contributed by atoms with Gasteiger partial charge in [-0.05, 0) is 31.2 Å². The molecule has 1 fully saturated rings. The number of hydrogen-bond donors (Lipinski definition) is 0. The number of rotatable bonds is 3. The number of benzene rings is 1. The normalized spacial score (nSPS) is 19.3. The van der Waals surface area contributed by atoms with E-state index < -0.39 is 0 Å². The molecule has 1 atom stereocenters. The molecule has 4 rings (SSSR count). The van der Waals surface area contributed by atoms with Crippen LogP contribution in [0.5, 0.6) is 0 Å². The van der Waals surface area contributed by atoms with Crippen LogP contribution in [0.25, 0.3) is 0 Å². The molecule has 1 amide bonds. The molecular weight excluding hydrogens is 367 g/mol. The van der Waals surface area contributed by atoms with E-state index in [0.717, 1.165) is 5.69 Å². The maximum Gasteiger partial charge on any atom is 0.257 e. The number of halogens is 1. The van der Waals surface area contributed by atoms with Crippen molar-refractivity contribution in [1.82, 2.24) is 14.5 Å². The Labute approximate surface area is 161 Å². The summed E-state index contributed by atoms with van der Waals surface area (Å²) in [6.07, 6.45) is 1.92. The molecule has 0 radical (unpaired) electrons. The molecule has 0 saturated carbocycles. The Hall–Kier alpha value is -2.35. The fourth-order valence-corrected chi connectivity index (χ4v) is 4.67. The van der Waals surface area contributed by atoms with Crippen molar-refractivity contribution in [3.63, 3.8) is 0 Å². The minimum atomic E-state index is -0.248. The monoisotopic (exact) mass is 388 g/mol. The third-order valence-corrected chi connectivity index (χ3v) is 6.25. The Morgan fingerprint density at radius 1 is 1.22 bits per heavy atom. The maximum absolute atomic E-state index is 13.1. The quantitative estimate of drug-likeness (QED) is 0.754. The number of piperazine rings is 1. The first-order valence-corrected chi connectivity index (χ1v) is 10.0. The van der Waals surface area contributed by atoms with Gasteiger partial charge in [0.05, 0.1) is 6.04 Å². The van der Waals surface area contributed by atoms with E-state index in [2.05, 4.69) is 9.88 Å². The summed E-state index contributed by atoms with van der Waals surface area (Å²) in [4.78, 5) is 33.5. The zero-order chi connectivity index (χ0) is 19.0. The largest absolute Gasteiger partial charge is 0.368 e. The van der Waals surface area contributed by atoms with Gasteiger partial charge in [0.1, 0.15) is 5.82 Å². The Kier molecular flexibility index (Phi) is 4.90. The molecule has 142 valence electrons. The van der Waals surface area contributed by atoms with Crippen molar-refractivity contribution in [3.05, 3.63) is 52.2 Å². The van der Waals surface area contributed by atoms with Crippen molar-refractivity contribution in [1.29, 1.82) is 0 Å². The predicted octanol–water partition coefficient (Wildman–Crippen LogP) is 2.08. The highest BCUT2D eigenvalue weighted by atomic mass is 32.2. The lowest BCUT2D eigenvalue weighted by Gasteiger charge is -2.36. The van der Waals surface area contributed by atoms with Crippen LogP contribution in [-0.4, -0.2) is 52.3 Å². The van der Waals surface area contributed by atoms with Gasteiger partial charge < -0.3 is 9.80 Å². The lowest BCUT2D eigenvalue weighted by atomic mass is 10.1. The van der Waals surface area contributed by atoms with E-state index in [9.17, 15) is 14.0 Å². The smallest absolute Gasteiger partial charge is 0.257 e. The summed E-state index contributed by atoms with van der Waals surface area (Å²) in [5.74, 6) is 0.523. The second kappa shape index (κ2) is 7.34. The number of thioether (sulfide) groups is 1. The molecule has 2 aliphatic heterocycles. The van der Waals surface area contributed by atoms with E-state index in [1.165, 1.54) is 23.9 Å². The molecular formula is C19H21FN4O2S. The highest BCUT2D eigenvalue weighted by Gasteiger charge is 2.30. The summed E-state index contributed by atoms with van der Waals surface area (Å²) in [7, 11) is 0. The van der Waals surface area contributed by atoms with E-state index in [1.54, 1.807) is 29.8 Å². The van der Waals surface area contributed by atoms with E-state index in [1.807, 2.05) is 4.90 Å². The summed E-state index contributed by atoms with van der Waals surface area (Å²) in [5, 5.41) is 0.699. The molecule has 6 nitrogen and oxygen atoms in total. The van der Waals surface area contributed by atoms with E-state index in [0.29, 0.717) is 49.1 Å². The number of amides is 1. The van der Waals surface area contributed by atoms with Gasteiger partial charge >= 0.3 is 0 Å². The number of nitrogens with zero attached hydrogens (tertiary/aromatic N) is 4. The van der Waals surface area contributed by atoms with Crippen molar-refractivity contribution in [2.24, 2.45) is 0 Å². The molecule has 2 aromatic rings. The van der Waals surface area contributed by atoms with Gasteiger partial charge in [0.2, 0.25) is 5.91 Å². The second-order valence-electron chi connectivity index (χ2n) is 6.91. The van der Waals surface area contributed by atoms with Crippen LogP contribution < -0.4 is 10.5 Å². The van der Waals surface area contributed by atoms with Gasteiger partial charge in [0.25, 0.3) is 5.56 Å². The molecule has 1 saturated heterocycles. The van der Waals surface area contributed by atoms with Gasteiger partial charge in [-0.2, -0.15) is 0 Å². The molecule has 27 heavy (non-hydrogen) atoms. The first-order valence-electron chi connectivity index (χ1n) is 9.02. The zero-order valence-corrected chi connectivity index (χ0v) is 15.9. The van der Waals surface area contributed by atoms with Crippen LogP contribution >= 0.6 is 11.8 Å². The van der Waals surface area contributed by atoms with Gasteiger partial charge in [0, 0.05) is 55.8 Å². The van der Waals surface area contributed by atoms with Gasteiger partial charge in [-0.1, -0.05) is 11.8 Å². The average molecular weight is 388 g/mol. The van der Waals surface area contributed by atoms with Gasteiger partial charge in [0.15, 0.2) is 5.16 Å². The van der Waals surface area contributed by atoms with Crippen LogP contribution in [0.15, 0.2) is 40.4 Å². The molecule has 8 heteroatoms. The van der Waals surface area contributed by atoms with Gasteiger partial charge in [-0.25, -0.2) is 9.37 Å². The minimum Gasteiger partial charge on any atom is -0.368 e. The van der Waals surface area contributed by atoms with Crippen LogP contribution in [0.3, 0.4) is 0 Å². The van der Waals surface area contributed by atoms with Crippen molar-refractivity contribution < 1.29 is 9.18 Å². The summed E-state index contributed by atoms with van der Waals surface area (Å²) < 4.78 is 14.7. The second-order valence-corrected chi connectivity index (χ2v) is 7.90. The van der Waals surface area contributed by atoms with Crippen molar-refractivity contribution in [2.75, 3.05) is 36.8 Å².